The van der Waals surface area contributed by atoms with E-state index < -0.39 is 29.9 Å². The van der Waals surface area contributed by atoms with Gasteiger partial charge in [-0.1, -0.05) is 42.5 Å². The van der Waals surface area contributed by atoms with E-state index in [1.807, 2.05) is 43.3 Å². The molecule has 0 unspecified atom stereocenters. The van der Waals surface area contributed by atoms with Crippen molar-refractivity contribution in [1.82, 2.24) is 10.2 Å². The van der Waals surface area contributed by atoms with Crippen LogP contribution in [0.15, 0.2) is 42.5 Å². The number of hydrogen-bond acceptors (Lipinski definition) is 5. The molecule has 0 bridgehead atoms. The summed E-state index contributed by atoms with van der Waals surface area (Å²) < 4.78 is 11.1. The SMILES string of the molecule is C[C@H]1[C@H](c2ccccc2)OC(=O)CC/C=C\C[C@@H](NC(=O)OC(C)(C)C)C(=O)N1C. The molecule has 7 heteroatoms. The molecule has 164 valence electrons. The third kappa shape index (κ3) is 6.90. The molecule has 7 nitrogen and oxygen atoms in total. The molecule has 0 fully saturated rings. The highest BCUT2D eigenvalue weighted by Gasteiger charge is 2.33. The van der Waals surface area contributed by atoms with E-state index in [1.54, 1.807) is 33.9 Å². The van der Waals surface area contributed by atoms with Crippen molar-refractivity contribution in [3.05, 3.63) is 48.0 Å². The fourth-order valence-corrected chi connectivity index (χ4v) is 3.16. The van der Waals surface area contributed by atoms with Crippen LogP contribution in [0.25, 0.3) is 0 Å². The maximum atomic E-state index is 13.2. The Morgan fingerprint density at radius 1 is 1.17 bits per heavy atom. The van der Waals surface area contributed by atoms with Gasteiger partial charge in [-0.25, -0.2) is 4.79 Å². The average Bonchev–Trinajstić information content (AvgIpc) is 2.68. The molecular formula is C23H32N2O5. The minimum atomic E-state index is -0.782. The number of nitrogens with one attached hydrogen (secondary N) is 1. The molecule has 1 N–H and O–H groups in total. The molecule has 2 rings (SSSR count). The Morgan fingerprint density at radius 3 is 2.47 bits per heavy atom. The van der Waals surface area contributed by atoms with Gasteiger partial charge in [0.2, 0.25) is 5.91 Å². The van der Waals surface area contributed by atoms with Gasteiger partial charge in [0.25, 0.3) is 0 Å². The van der Waals surface area contributed by atoms with Crippen molar-refractivity contribution in [2.45, 2.75) is 70.7 Å². The summed E-state index contributed by atoms with van der Waals surface area (Å²) >= 11 is 0. The number of hydrogen-bond donors (Lipinski definition) is 1. The second-order valence-electron chi connectivity index (χ2n) is 8.46. The van der Waals surface area contributed by atoms with E-state index in [9.17, 15) is 14.4 Å². The standard InChI is InChI=1S/C23H32N2O5/c1-16-20(17-12-8-6-9-13-17)29-19(26)15-11-7-10-14-18(21(27)25(16)5)24-22(28)30-23(2,3)4/h6-10,12-13,16,18,20H,11,14-15H2,1-5H3,(H,24,28)/b10-7-/t16-,18+,20+/m0/s1. The zero-order valence-corrected chi connectivity index (χ0v) is 18.4. The average molecular weight is 417 g/mol. The number of ether oxygens (including phenoxy) is 2. The number of carbonyl (C=O) groups is 3. The third-order valence-corrected chi connectivity index (χ3v) is 4.83. The number of allylic oxidation sites excluding steroid dienone is 1. The van der Waals surface area contributed by atoms with Gasteiger partial charge in [-0.05, 0) is 46.1 Å². The highest BCUT2D eigenvalue weighted by molar-refractivity contribution is 5.86. The first-order valence-corrected chi connectivity index (χ1v) is 10.2. The number of rotatable bonds is 2. The Hall–Kier alpha value is -2.83. The smallest absolute Gasteiger partial charge is 0.408 e. The summed E-state index contributed by atoms with van der Waals surface area (Å²) in [6.45, 7) is 7.13. The van der Waals surface area contributed by atoms with Gasteiger partial charge < -0.3 is 19.7 Å². The quantitative estimate of drug-likeness (QED) is 0.586. The second-order valence-corrected chi connectivity index (χ2v) is 8.46. The number of benzene rings is 1. The maximum Gasteiger partial charge on any atom is 0.408 e. The number of carbonyl (C=O) groups excluding carboxylic acids is 3. The summed E-state index contributed by atoms with van der Waals surface area (Å²) in [7, 11) is 1.65. The first-order valence-electron chi connectivity index (χ1n) is 10.2. The predicted octanol–water partition coefficient (Wildman–Crippen LogP) is 3.75. The van der Waals surface area contributed by atoms with Crippen LogP contribution in [0.1, 0.15) is 58.6 Å². The molecule has 30 heavy (non-hydrogen) atoms. The fraction of sp³-hybridized carbons (Fsp3) is 0.522. The zero-order valence-electron chi connectivity index (χ0n) is 18.4. The fourth-order valence-electron chi connectivity index (χ4n) is 3.16. The van der Waals surface area contributed by atoms with Gasteiger partial charge in [0.15, 0.2) is 0 Å². The van der Waals surface area contributed by atoms with Crippen LogP contribution in [0.4, 0.5) is 4.79 Å². The van der Waals surface area contributed by atoms with Crippen LogP contribution in [-0.4, -0.2) is 47.6 Å². The summed E-state index contributed by atoms with van der Waals surface area (Å²) in [4.78, 5) is 39.3. The highest BCUT2D eigenvalue weighted by Crippen LogP contribution is 2.26. The number of alkyl carbamates (subject to hydrolysis) is 1. The van der Waals surface area contributed by atoms with Crippen molar-refractivity contribution in [3.63, 3.8) is 0 Å². The van der Waals surface area contributed by atoms with Gasteiger partial charge in [0.1, 0.15) is 17.7 Å². The van der Waals surface area contributed by atoms with Crippen LogP contribution in [0.2, 0.25) is 0 Å². The van der Waals surface area contributed by atoms with Gasteiger partial charge in [0.05, 0.1) is 6.04 Å². The monoisotopic (exact) mass is 416 g/mol. The molecule has 0 spiro atoms. The molecule has 3 atom stereocenters. The summed E-state index contributed by atoms with van der Waals surface area (Å²) in [6, 6.07) is 8.13. The summed E-state index contributed by atoms with van der Waals surface area (Å²) in [5, 5.41) is 2.68. The molecule has 0 radical (unpaired) electrons. The van der Waals surface area contributed by atoms with Gasteiger partial charge >= 0.3 is 12.1 Å². The lowest BCUT2D eigenvalue weighted by Gasteiger charge is -2.34. The van der Waals surface area contributed by atoms with Crippen LogP contribution in [-0.2, 0) is 19.1 Å². The van der Waals surface area contributed by atoms with Crippen LogP contribution in [0.3, 0.4) is 0 Å². The van der Waals surface area contributed by atoms with E-state index in [2.05, 4.69) is 5.32 Å². The minimum Gasteiger partial charge on any atom is -0.455 e. The lowest BCUT2D eigenvalue weighted by molar-refractivity contribution is -0.155. The molecule has 1 aliphatic rings. The summed E-state index contributed by atoms with van der Waals surface area (Å²) in [6.07, 6.45) is 3.40. The van der Waals surface area contributed by atoms with Gasteiger partial charge in [-0.3, -0.25) is 9.59 Å². The van der Waals surface area contributed by atoms with Crippen LogP contribution >= 0.6 is 0 Å². The Labute approximate surface area is 178 Å². The van der Waals surface area contributed by atoms with E-state index >= 15 is 0 Å². The molecule has 0 saturated carbocycles. The van der Waals surface area contributed by atoms with Crippen LogP contribution in [0.5, 0.6) is 0 Å². The van der Waals surface area contributed by atoms with Crippen LogP contribution in [0, 0.1) is 0 Å². The first kappa shape index (κ1) is 23.4. The summed E-state index contributed by atoms with van der Waals surface area (Å²) in [5.41, 5.74) is 0.141. The maximum absolute atomic E-state index is 13.2. The molecule has 1 aliphatic heterocycles. The lowest BCUT2D eigenvalue weighted by atomic mass is 10.0. The van der Waals surface area contributed by atoms with Crippen molar-refractivity contribution >= 4 is 18.0 Å². The minimum absolute atomic E-state index is 0.244. The van der Waals surface area contributed by atoms with Gasteiger partial charge in [-0.15, -0.1) is 0 Å². The first-order chi connectivity index (χ1) is 14.1. The molecular weight excluding hydrogens is 384 g/mol. The molecule has 1 aromatic carbocycles. The van der Waals surface area contributed by atoms with E-state index in [0.29, 0.717) is 12.8 Å². The van der Waals surface area contributed by atoms with E-state index in [0.717, 1.165) is 5.56 Å². The van der Waals surface area contributed by atoms with Crippen molar-refractivity contribution in [1.29, 1.82) is 0 Å². The summed E-state index contributed by atoms with van der Waals surface area (Å²) in [5.74, 6) is -0.597. The molecule has 0 aromatic heterocycles. The highest BCUT2D eigenvalue weighted by atomic mass is 16.6. The molecule has 1 aromatic rings. The lowest BCUT2D eigenvalue weighted by Crippen LogP contribution is -2.52. The number of esters is 1. The van der Waals surface area contributed by atoms with Gasteiger partial charge in [-0.2, -0.15) is 0 Å². The van der Waals surface area contributed by atoms with Gasteiger partial charge in [0, 0.05) is 13.5 Å². The zero-order chi connectivity index (χ0) is 22.3. The number of amides is 2. The number of likely N-dealkylation sites (N-methyl/N-ethyl adjacent to an activating group) is 1. The second kappa shape index (κ2) is 10.3. The topological polar surface area (TPSA) is 84.9 Å². The van der Waals surface area contributed by atoms with Crippen molar-refractivity contribution in [2.24, 2.45) is 0 Å². The molecule has 0 aliphatic carbocycles. The van der Waals surface area contributed by atoms with E-state index in [-0.39, 0.29) is 18.3 Å². The normalized spacial score (nSPS) is 24.8. The van der Waals surface area contributed by atoms with Crippen molar-refractivity contribution < 1.29 is 23.9 Å². The van der Waals surface area contributed by atoms with Crippen molar-refractivity contribution in [2.75, 3.05) is 7.05 Å². The Kier molecular flexibility index (Phi) is 8.03. The number of nitrogens with zero attached hydrogens (tertiary/aromatic N) is 1. The predicted molar refractivity (Wildman–Crippen MR) is 114 cm³/mol. The Balaban J connectivity index is 2.28. The third-order valence-electron chi connectivity index (χ3n) is 4.83. The molecule has 0 saturated heterocycles. The molecule has 2 amide bonds. The van der Waals surface area contributed by atoms with Crippen LogP contribution < -0.4 is 5.32 Å². The molecule has 1 heterocycles. The van der Waals surface area contributed by atoms with Crippen molar-refractivity contribution in [3.8, 4) is 0 Å². The Morgan fingerprint density at radius 2 is 1.83 bits per heavy atom. The van der Waals surface area contributed by atoms with E-state index in [4.69, 9.17) is 9.47 Å². The largest absolute Gasteiger partial charge is 0.455 e. The Bertz CT molecular complexity index is 770. The van der Waals surface area contributed by atoms with E-state index in [1.165, 1.54) is 4.90 Å². The number of cyclic esters (lactones) is 1.